The summed E-state index contributed by atoms with van der Waals surface area (Å²) in [6.07, 6.45) is 3.48. The molecule has 0 aliphatic rings. The Morgan fingerprint density at radius 3 is 2.62 bits per heavy atom. The molecule has 1 heterocycles. The van der Waals surface area contributed by atoms with Crippen LogP contribution in [-0.4, -0.2) is 22.6 Å². The number of para-hydroxylation sites is 1. The topological polar surface area (TPSA) is 79.5 Å². The molecule has 2 aromatic rings. The molecule has 21 heavy (non-hydrogen) atoms. The highest BCUT2D eigenvalue weighted by molar-refractivity contribution is 5.97. The maximum absolute atomic E-state index is 11.2. The maximum Gasteiger partial charge on any atom is 0.337 e. The molecule has 0 aliphatic carbocycles. The van der Waals surface area contributed by atoms with E-state index in [1.54, 1.807) is 0 Å². The summed E-state index contributed by atoms with van der Waals surface area (Å²) < 4.78 is 0. The molecule has 110 valence electrons. The number of hydrogen-bond donors (Lipinski definition) is 2. The predicted octanol–water partition coefficient (Wildman–Crippen LogP) is 3.30. The van der Waals surface area contributed by atoms with Crippen LogP contribution >= 0.6 is 0 Å². The first-order valence-electron chi connectivity index (χ1n) is 6.95. The average Bonchev–Trinajstić information content (AvgIpc) is 2.50. The number of anilines is 3. The first-order valence-corrected chi connectivity index (χ1v) is 6.95. The average molecular weight is 285 g/mol. The first kappa shape index (κ1) is 14.8. The lowest BCUT2D eigenvalue weighted by Gasteiger charge is -2.25. The van der Waals surface area contributed by atoms with Crippen LogP contribution in [0, 0.1) is 0 Å². The minimum Gasteiger partial charge on any atom is -0.478 e. The molecule has 0 unspecified atom stereocenters. The van der Waals surface area contributed by atoms with Crippen LogP contribution in [0.5, 0.6) is 0 Å². The fraction of sp³-hybridized carbons (Fsp3) is 0.250. The van der Waals surface area contributed by atoms with Gasteiger partial charge in [0.2, 0.25) is 0 Å². The number of hydrogen-bond acceptors (Lipinski definition) is 4. The van der Waals surface area contributed by atoms with E-state index in [-0.39, 0.29) is 11.3 Å². The van der Waals surface area contributed by atoms with Crippen LogP contribution in [-0.2, 0) is 0 Å². The SMILES string of the molecule is CCCCN(c1ccccc1)c1nccc(C(=O)O)c1N. The first-order chi connectivity index (χ1) is 10.1. The van der Waals surface area contributed by atoms with Crippen LogP contribution in [0.2, 0.25) is 0 Å². The molecule has 1 aromatic carbocycles. The highest BCUT2D eigenvalue weighted by atomic mass is 16.4. The van der Waals surface area contributed by atoms with Crippen molar-refractivity contribution in [2.75, 3.05) is 17.2 Å². The molecular weight excluding hydrogens is 266 g/mol. The Labute approximate surface area is 124 Å². The minimum absolute atomic E-state index is 0.0810. The Morgan fingerprint density at radius 2 is 2.00 bits per heavy atom. The second kappa shape index (κ2) is 6.74. The zero-order chi connectivity index (χ0) is 15.2. The summed E-state index contributed by atoms with van der Waals surface area (Å²) in [5, 5.41) is 9.19. The lowest BCUT2D eigenvalue weighted by molar-refractivity contribution is 0.0698. The molecule has 0 fully saturated rings. The number of rotatable bonds is 6. The molecule has 3 N–H and O–H groups in total. The van der Waals surface area contributed by atoms with Crippen LogP contribution < -0.4 is 10.6 Å². The van der Waals surface area contributed by atoms with Gasteiger partial charge in [-0.25, -0.2) is 9.78 Å². The number of carboxylic acid groups (broad SMARTS) is 1. The standard InChI is InChI=1S/C16H19N3O2/c1-2-3-11-19(12-7-5-4-6-8-12)15-14(17)13(16(20)21)9-10-18-15/h4-10H,2-3,11,17H2,1H3,(H,20,21). The van der Waals surface area contributed by atoms with Gasteiger partial charge in [0, 0.05) is 18.4 Å². The molecule has 0 saturated heterocycles. The molecule has 0 aliphatic heterocycles. The van der Waals surface area contributed by atoms with Gasteiger partial charge in [-0.05, 0) is 24.6 Å². The Morgan fingerprint density at radius 1 is 1.29 bits per heavy atom. The molecule has 5 nitrogen and oxygen atoms in total. The van der Waals surface area contributed by atoms with E-state index in [4.69, 9.17) is 5.73 Å². The van der Waals surface area contributed by atoms with Gasteiger partial charge in [-0.2, -0.15) is 0 Å². The molecule has 0 amide bonds. The number of nitrogens with zero attached hydrogens (tertiary/aromatic N) is 2. The van der Waals surface area contributed by atoms with Crippen molar-refractivity contribution in [1.29, 1.82) is 0 Å². The number of aromatic nitrogens is 1. The molecule has 0 atom stereocenters. The lowest BCUT2D eigenvalue weighted by atomic mass is 10.2. The van der Waals surface area contributed by atoms with Crippen molar-refractivity contribution in [3.63, 3.8) is 0 Å². The number of nitrogen functional groups attached to an aromatic ring is 1. The summed E-state index contributed by atoms with van der Waals surface area (Å²) in [4.78, 5) is 17.5. The molecule has 0 radical (unpaired) electrons. The van der Waals surface area contributed by atoms with Gasteiger partial charge < -0.3 is 15.7 Å². The smallest absolute Gasteiger partial charge is 0.337 e. The Balaban J connectivity index is 2.47. The number of pyridine rings is 1. The number of carbonyl (C=O) groups is 1. The summed E-state index contributed by atoms with van der Waals surface area (Å²) in [6, 6.07) is 11.2. The van der Waals surface area contributed by atoms with E-state index in [0.717, 1.165) is 25.1 Å². The van der Waals surface area contributed by atoms with Gasteiger partial charge in [0.1, 0.15) is 0 Å². The van der Waals surface area contributed by atoms with Crippen LogP contribution in [0.3, 0.4) is 0 Å². The Bertz CT molecular complexity index is 614. The zero-order valence-electron chi connectivity index (χ0n) is 12.0. The summed E-state index contributed by atoms with van der Waals surface area (Å²) in [5.41, 5.74) is 7.24. The number of carboxylic acids is 1. The lowest BCUT2D eigenvalue weighted by Crippen LogP contribution is -2.22. The summed E-state index contributed by atoms with van der Waals surface area (Å²) in [6.45, 7) is 2.84. The third-order valence-electron chi connectivity index (χ3n) is 3.26. The highest BCUT2D eigenvalue weighted by Crippen LogP contribution is 2.30. The van der Waals surface area contributed by atoms with Gasteiger partial charge in [-0.15, -0.1) is 0 Å². The van der Waals surface area contributed by atoms with Gasteiger partial charge in [0.15, 0.2) is 5.82 Å². The summed E-state index contributed by atoms with van der Waals surface area (Å²) in [7, 11) is 0. The van der Waals surface area contributed by atoms with E-state index in [1.165, 1.54) is 12.3 Å². The monoisotopic (exact) mass is 285 g/mol. The molecule has 1 aromatic heterocycles. The molecule has 2 rings (SSSR count). The molecule has 0 bridgehead atoms. The Hall–Kier alpha value is -2.56. The number of nitrogens with two attached hydrogens (primary N) is 1. The van der Waals surface area contributed by atoms with E-state index >= 15 is 0 Å². The fourth-order valence-corrected chi connectivity index (χ4v) is 2.15. The third-order valence-corrected chi connectivity index (χ3v) is 3.26. The Kier molecular flexibility index (Phi) is 4.77. The van der Waals surface area contributed by atoms with Crippen LogP contribution in [0.1, 0.15) is 30.1 Å². The molecular formula is C16H19N3O2. The van der Waals surface area contributed by atoms with Gasteiger partial charge in [0.25, 0.3) is 0 Å². The van der Waals surface area contributed by atoms with Crippen molar-refractivity contribution >= 4 is 23.2 Å². The third kappa shape index (κ3) is 3.31. The van der Waals surface area contributed by atoms with E-state index in [0.29, 0.717) is 5.82 Å². The molecule has 0 saturated carbocycles. The van der Waals surface area contributed by atoms with Crippen molar-refractivity contribution in [2.45, 2.75) is 19.8 Å². The van der Waals surface area contributed by atoms with Gasteiger partial charge in [0.05, 0.1) is 11.3 Å². The minimum atomic E-state index is -1.04. The van der Waals surface area contributed by atoms with Crippen LogP contribution in [0.4, 0.5) is 17.2 Å². The van der Waals surface area contributed by atoms with Crippen molar-refractivity contribution < 1.29 is 9.90 Å². The highest BCUT2D eigenvalue weighted by Gasteiger charge is 2.18. The zero-order valence-corrected chi connectivity index (χ0v) is 12.0. The predicted molar refractivity (Wildman–Crippen MR) is 84.0 cm³/mol. The van der Waals surface area contributed by atoms with Crippen molar-refractivity contribution in [2.24, 2.45) is 0 Å². The number of benzene rings is 1. The molecule has 0 spiro atoms. The fourth-order valence-electron chi connectivity index (χ4n) is 2.15. The van der Waals surface area contributed by atoms with E-state index in [1.807, 2.05) is 35.2 Å². The van der Waals surface area contributed by atoms with E-state index in [2.05, 4.69) is 11.9 Å². The largest absolute Gasteiger partial charge is 0.478 e. The van der Waals surface area contributed by atoms with E-state index in [9.17, 15) is 9.90 Å². The van der Waals surface area contributed by atoms with Gasteiger partial charge in [-0.1, -0.05) is 31.5 Å². The van der Waals surface area contributed by atoms with Crippen molar-refractivity contribution in [3.05, 3.63) is 48.2 Å². The van der Waals surface area contributed by atoms with Gasteiger partial charge in [-0.3, -0.25) is 0 Å². The van der Waals surface area contributed by atoms with Crippen molar-refractivity contribution in [3.8, 4) is 0 Å². The summed E-state index contributed by atoms with van der Waals surface area (Å²) >= 11 is 0. The van der Waals surface area contributed by atoms with Crippen LogP contribution in [0.15, 0.2) is 42.6 Å². The normalized spacial score (nSPS) is 10.3. The summed E-state index contributed by atoms with van der Waals surface area (Å²) in [5.74, 6) is -0.547. The maximum atomic E-state index is 11.2. The van der Waals surface area contributed by atoms with Gasteiger partial charge >= 0.3 is 5.97 Å². The second-order valence-corrected chi connectivity index (χ2v) is 4.74. The van der Waals surface area contributed by atoms with E-state index < -0.39 is 5.97 Å². The van der Waals surface area contributed by atoms with Crippen LogP contribution in [0.25, 0.3) is 0 Å². The number of aromatic carboxylic acids is 1. The van der Waals surface area contributed by atoms with Crippen molar-refractivity contribution in [1.82, 2.24) is 4.98 Å². The quantitative estimate of drug-likeness (QED) is 0.851. The molecule has 5 heteroatoms. The number of unbranched alkanes of at least 4 members (excludes halogenated alkanes) is 1. The second-order valence-electron chi connectivity index (χ2n) is 4.74.